The quantitative estimate of drug-likeness (QED) is 0.619. The highest BCUT2D eigenvalue weighted by Crippen LogP contribution is 2.21. The summed E-state index contributed by atoms with van der Waals surface area (Å²) in [5.74, 6) is -2.95. The highest BCUT2D eigenvalue weighted by molar-refractivity contribution is 7.16. The predicted molar refractivity (Wildman–Crippen MR) is 82.1 cm³/mol. The maximum atomic E-state index is 13.3. The molecule has 3 rings (SSSR count). The van der Waals surface area contributed by atoms with Crippen LogP contribution >= 0.6 is 22.9 Å². The van der Waals surface area contributed by atoms with Gasteiger partial charge < -0.3 is 4.57 Å². The van der Waals surface area contributed by atoms with E-state index in [9.17, 15) is 13.6 Å². The van der Waals surface area contributed by atoms with Crippen LogP contribution in [0.5, 0.6) is 0 Å². The van der Waals surface area contributed by atoms with Crippen LogP contribution in [0.4, 0.5) is 8.78 Å². The van der Waals surface area contributed by atoms with Crippen LogP contribution in [0.15, 0.2) is 41.4 Å². The Labute approximate surface area is 133 Å². The van der Waals surface area contributed by atoms with Crippen LogP contribution in [0.3, 0.4) is 0 Å². The zero-order valence-corrected chi connectivity index (χ0v) is 12.9. The number of carbonyl (C=O) groups is 1. The third-order valence-corrected chi connectivity index (χ3v) is 4.58. The molecule has 0 N–H and O–H groups in total. The van der Waals surface area contributed by atoms with E-state index >= 15 is 0 Å². The lowest BCUT2D eigenvalue weighted by Gasteiger charge is -2.00. The molecule has 0 unspecified atom stereocenters. The lowest BCUT2D eigenvalue weighted by molar-refractivity contribution is 0.0997. The second-order valence-electron chi connectivity index (χ2n) is 4.57. The van der Waals surface area contributed by atoms with Crippen molar-refractivity contribution in [3.05, 3.63) is 63.4 Å². The summed E-state index contributed by atoms with van der Waals surface area (Å²) < 4.78 is 29.0. The summed E-state index contributed by atoms with van der Waals surface area (Å²) in [6, 6.07) is 9.11. The highest BCUT2D eigenvalue weighted by atomic mass is 35.5. The summed E-state index contributed by atoms with van der Waals surface area (Å²) in [6.45, 7) is 0. The molecule has 0 saturated carbocycles. The number of nitrogens with zero attached hydrogens (tertiary/aromatic N) is 2. The van der Waals surface area contributed by atoms with Gasteiger partial charge in [0.25, 0.3) is 5.91 Å². The number of hydrogen-bond acceptors (Lipinski definition) is 2. The van der Waals surface area contributed by atoms with Crippen LogP contribution < -0.4 is 4.80 Å². The first kappa shape index (κ1) is 14.9. The Bertz CT molecular complexity index is 962. The summed E-state index contributed by atoms with van der Waals surface area (Å²) in [7, 11) is 1.78. The second-order valence-corrected chi connectivity index (χ2v) is 5.99. The van der Waals surface area contributed by atoms with Gasteiger partial charge in [-0.3, -0.25) is 4.79 Å². The Hall–Kier alpha value is -2.05. The van der Waals surface area contributed by atoms with Gasteiger partial charge in [-0.25, -0.2) is 8.78 Å². The van der Waals surface area contributed by atoms with Gasteiger partial charge in [-0.2, -0.15) is 4.99 Å². The van der Waals surface area contributed by atoms with E-state index in [-0.39, 0.29) is 10.6 Å². The maximum Gasteiger partial charge on any atom is 0.281 e. The van der Waals surface area contributed by atoms with Gasteiger partial charge in [-0.15, -0.1) is 0 Å². The average molecular weight is 339 g/mol. The molecule has 0 radical (unpaired) electrons. The van der Waals surface area contributed by atoms with Crippen molar-refractivity contribution in [3.8, 4) is 0 Å². The van der Waals surface area contributed by atoms with Crippen LogP contribution in [-0.2, 0) is 7.05 Å². The molecule has 1 aromatic heterocycles. The molecule has 7 heteroatoms. The molecule has 1 heterocycles. The van der Waals surface area contributed by atoms with Gasteiger partial charge in [0.05, 0.1) is 20.8 Å². The molecule has 3 nitrogen and oxygen atoms in total. The molecular weight excluding hydrogens is 330 g/mol. The summed E-state index contributed by atoms with van der Waals surface area (Å²) in [5, 5.41) is -0.170. The molecule has 0 bridgehead atoms. The van der Waals surface area contributed by atoms with Crippen molar-refractivity contribution in [1.82, 2.24) is 4.57 Å². The van der Waals surface area contributed by atoms with E-state index in [0.29, 0.717) is 4.80 Å². The van der Waals surface area contributed by atoms with Crippen molar-refractivity contribution in [1.29, 1.82) is 0 Å². The molecular formula is C15H9ClF2N2OS. The topological polar surface area (TPSA) is 34.4 Å². The van der Waals surface area contributed by atoms with E-state index in [2.05, 4.69) is 4.99 Å². The van der Waals surface area contributed by atoms with Crippen molar-refractivity contribution >= 4 is 39.1 Å². The second kappa shape index (κ2) is 5.62. The molecule has 3 aromatic rings. The number of aryl methyl sites for hydroxylation is 1. The van der Waals surface area contributed by atoms with Crippen molar-refractivity contribution in [2.75, 3.05) is 0 Å². The van der Waals surface area contributed by atoms with Crippen molar-refractivity contribution in [2.24, 2.45) is 12.0 Å². The van der Waals surface area contributed by atoms with Gasteiger partial charge in [0.2, 0.25) is 0 Å². The number of fused-ring (bicyclic) bond motifs is 1. The predicted octanol–water partition coefficient (Wildman–Crippen LogP) is 3.91. The fourth-order valence-corrected chi connectivity index (χ4v) is 3.27. The van der Waals surface area contributed by atoms with Crippen molar-refractivity contribution in [3.63, 3.8) is 0 Å². The number of hydrogen-bond donors (Lipinski definition) is 0. The van der Waals surface area contributed by atoms with Crippen LogP contribution in [0.25, 0.3) is 10.2 Å². The lowest BCUT2D eigenvalue weighted by Crippen LogP contribution is -2.13. The molecule has 2 aromatic carbocycles. The number of benzene rings is 2. The van der Waals surface area contributed by atoms with E-state index in [4.69, 9.17) is 11.6 Å². The Morgan fingerprint density at radius 1 is 1.23 bits per heavy atom. The zero-order chi connectivity index (χ0) is 15.9. The van der Waals surface area contributed by atoms with E-state index in [1.165, 1.54) is 11.3 Å². The molecule has 1 amide bonds. The van der Waals surface area contributed by atoms with E-state index < -0.39 is 17.5 Å². The van der Waals surface area contributed by atoms with E-state index in [0.717, 1.165) is 22.3 Å². The Kier molecular flexibility index (Phi) is 3.80. The molecule has 112 valence electrons. The smallest absolute Gasteiger partial charge is 0.281 e. The van der Waals surface area contributed by atoms with E-state index in [1.54, 1.807) is 11.6 Å². The van der Waals surface area contributed by atoms with Gasteiger partial charge in [-0.1, -0.05) is 35.1 Å². The maximum absolute atomic E-state index is 13.3. The molecule has 0 saturated heterocycles. The fraction of sp³-hybridized carbons (Fsp3) is 0.0667. The normalized spacial score (nSPS) is 12.1. The molecule has 22 heavy (non-hydrogen) atoms. The van der Waals surface area contributed by atoms with Crippen LogP contribution in [0.1, 0.15) is 10.4 Å². The van der Waals surface area contributed by atoms with Gasteiger partial charge in [0.1, 0.15) is 0 Å². The van der Waals surface area contributed by atoms with Crippen molar-refractivity contribution in [2.45, 2.75) is 0 Å². The SMILES string of the molecule is Cn1c(=NC(=O)c2cc(F)c(F)cc2Cl)sc2ccccc21. The standard InChI is InChI=1S/C15H9ClF2N2OS/c1-20-12-4-2-3-5-13(12)22-15(20)19-14(21)8-6-10(17)11(18)7-9(8)16/h2-7H,1H3. The molecule has 0 aliphatic rings. The number of carbonyl (C=O) groups excluding carboxylic acids is 1. The number of amides is 1. The van der Waals surface area contributed by atoms with Gasteiger partial charge in [-0.05, 0) is 24.3 Å². The van der Waals surface area contributed by atoms with E-state index in [1.807, 2.05) is 24.3 Å². The van der Waals surface area contributed by atoms with Crippen LogP contribution in [0, 0.1) is 11.6 Å². The van der Waals surface area contributed by atoms with Gasteiger partial charge in [0, 0.05) is 7.05 Å². The van der Waals surface area contributed by atoms with Crippen LogP contribution in [0.2, 0.25) is 5.02 Å². The zero-order valence-electron chi connectivity index (χ0n) is 11.3. The largest absolute Gasteiger partial charge is 0.319 e. The molecule has 0 spiro atoms. The minimum absolute atomic E-state index is 0.168. The number of para-hydroxylation sites is 1. The molecule has 0 aliphatic heterocycles. The summed E-state index contributed by atoms with van der Waals surface area (Å²) in [4.78, 5) is 16.6. The lowest BCUT2D eigenvalue weighted by atomic mass is 10.2. The first-order valence-corrected chi connectivity index (χ1v) is 7.45. The first-order valence-electron chi connectivity index (χ1n) is 6.25. The Morgan fingerprint density at radius 3 is 2.64 bits per heavy atom. The first-order chi connectivity index (χ1) is 10.5. The number of aromatic nitrogens is 1. The third-order valence-electron chi connectivity index (χ3n) is 3.15. The average Bonchev–Trinajstić information content (AvgIpc) is 2.80. The minimum Gasteiger partial charge on any atom is -0.319 e. The minimum atomic E-state index is -1.14. The number of rotatable bonds is 1. The number of halogens is 3. The molecule has 0 fully saturated rings. The Balaban J connectivity index is 2.13. The van der Waals surface area contributed by atoms with Gasteiger partial charge >= 0.3 is 0 Å². The monoisotopic (exact) mass is 338 g/mol. The van der Waals surface area contributed by atoms with Crippen LogP contribution in [-0.4, -0.2) is 10.5 Å². The summed E-state index contributed by atoms with van der Waals surface area (Å²) in [5.41, 5.74) is 0.758. The Morgan fingerprint density at radius 2 is 1.91 bits per heavy atom. The molecule has 0 aliphatic carbocycles. The van der Waals surface area contributed by atoms with Gasteiger partial charge in [0.15, 0.2) is 16.4 Å². The molecule has 0 atom stereocenters. The number of thiazole rings is 1. The summed E-state index contributed by atoms with van der Waals surface area (Å²) >= 11 is 7.11. The fourth-order valence-electron chi connectivity index (χ4n) is 2.02. The highest BCUT2D eigenvalue weighted by Gasteiger charge is 2.15. The third kappa shape index (κ3) is 2.55. The van der Waals surface area contributed by atoms with Crippen molar-refractivity contribution < 1.29 is 13.6 Å². The summed E-state index contributed by atoms with van der Waals surface area (Å²) in [6.07, 6.45) is 0.